The molecule has 2 heterocycles. The highest BCUT2D eigenvalue weighted by Gasteiger charge is 2.23. The molecule has 1 atom stereocenters. The maximum atomic E-state index is 12.9. The molecule has 0 aliphatic rings. The molecule has 0 fully saturated rings. The number of hydrogen-bond donors (Lipinski definition) is 1. The van der Waals surface area contributed by atoms with Gasteiger partial charge in [0.15, 0.2) is 11.0 Å². The molecule has 4 aromatic rings. The number of rotatable bonds is 8. The quantitative estimate of drug-likeness (QED) is 0.336. The van der Waals surface area contributed by atoms with Gasteiger partial charge in [-0.2, -0.15) is 0 Å². The van der Waals surface area contributed by atoms with Crippen molar-refractivity contribution in [3.63, 3.8) is 0 Å². The van der Waals surface area contributed by atoms with Crippen molar-refractivity contribution in [1.82, 2.24) is 14.8 Å². The number of benzene rings is 2. The zero-order valence-corrected chi connectivity index (χ0v) is 19.7. The fraction of sp³-hybridized carbons (Fsp3) is 0.208. The Kier molecular flexibility index (Phi) is 7.02. The Morgan fingerprint density at radius 2 is 1.84 bits per heavy atom. The summed E-state index contributed by atoms with van der Waals surface area (Å²) in [6, 6.07) is 19.8. The number of thioether (sulfide) groups is 2. The second-order valence-corrected chi connectivity index (χ2v) is 9.37. The van der Waals surface area contributed by atoms with Gasteiger partial charge in [-0.1, -0.05) is 54.2 Å². The van der Waals surface area contributed by atoms with Gasteiger partial charge in [-0.3, -0.25) is 9.36 Å². The smallest absolute Gasteiger partial charge is 0.237 e. The number of carbonyl (C=O) groups is 1. The first kappa shape index (κ1) is 22.2. The molecule has 0 bridgehead atoms. The van der Waals surface area contributed by atoms with Crippen LogP contribution in [0.5, 0.6) is 0 Å². The monoisotopic (exact) mass is 464 g/mol. The van der Waals surface area contributed by atoms with Crippen LogP contribution in [0, 0.1) is 6.92 Å². The van der Waals surface area contributed by atoms with Crippen LogP contribution in [0.2, 0.25) is 0 Å². The Labute approximate surface area is 195 Å². The van der Waals surface area contributed by atoms with Gasteiger partial charge in [0, 0.05) is 4.90 Å². The minimum absolute atomic E-state index is 0.0770. The molecule has 1 amide bonds. The number of furan rings is 1. The Morgan fingerprint density at radius 3 is 2.56 bits per heavy atom. The van der Waals surface area contributed by atoms with Gasteiger partial charge < -0.3 is 9.73 Å². The van der Waals surface area contributed by atoms with Gasteiger partial charge >= 0.3 is 0 Å². The molecule has 0 unspecified atom stereocenters. The molecule has 0 saturated heterocycles. The summed E-state index contributed by atoms with van der Waals surface area (Å²) < 4.78 is 7.53. The molecule has 32 heavy (non-hydrogen) atoms. The van der Waals surface area contributed by atoms with Crippen molar-refractivity contribution >= 4 is 35.1 Å². The summed E-state index contributed by atoms with van der Waals surface area (Å²) in [4.78, 5) is 14.0. The highest BCUT2D eigenvalue weighted by atomic mass is 32.2. The standard InChI is InChI=1S/C24H24N4O2S2/c1-16-19(13-14-30-16)22-26-27-24(28(22)15-18-9-5-4-6-10-18)32-17(2)23(29)25-20-11-7-8-12-21(20)31-3/h4-14,17H,15H2,1-3H3,(H,25,29)/t17-/m0/s1. The molecule has 4 rings (SSSR count). The summed E-state index contributed by atoms with van der Waals surface area (Å²) in [6.07, 6.45) is 3.65. The van der Waals surface area contributed by atoms with Crippen LogP contribution in [0.4, 0.5) is 5.69 Å². The summed E-state index contributed by atoms with van der Waals surface area (Å²) in [6.45, 7) is 4.38. The van der Waals surface area contributed by atoms with Crippen molar-refractivity contribution in [3.8, 4) is 11.4 Å². The number of aryl methyl sites for hydroxylation is 1. The van der Waals surface area contributed by atoms with Crippen LogP contribution in [-0.4, -0.2) is 32.2 Å². The Morgan fingerprint density at radius 1 is 1.09 bits per heavy atom. The Hall–Kier alpha value is -2.97. The predicted octanol–water partition coefficient (Wildman–Crippen LogP) is 5.74. The number of carbonyl (C=O) groups excluding carboxylic acids is 1. The second-order valence-electron chi connectivity index (χ2n) is 7.22. The predicted molar refractivity (Wildman–Crippen MR) is 130 cm³/mol. The molecule has 0 aliphatic carbocycles. The van der Waals surface area contributed by atoms with Gasteiger partial charge in [0.25, 0.3) is 0 Å². The average molecular weight is 465 g/mol. The van der Waals surface area contributed by atoms with Gasteiger partial charge in [-0.25, -0.2) is 0 Å². The van der Waals surface area contributed by atoms with Gasteiger partial charge in [0.2, 0.25) is 5.91 Å². The number of anilines is 1. The zero-order valence-electron chi connectivity index (χ0n) is 18.1. The van der Waals surface area contributed by atoms with Crippen molar-refractivity contribution in [2.24, 2.45) is 0 Å². The van der Waals surface area contributed by atoms with Crippen LogP contribution in [0.15, 0.2) is 81.4 Å². The van der Waals surface area contributed by atoms with Crippen LogP contribution in [-0.2, 0) is 11.3 Å². The number of aromatic nitrogens is 3. The maximum absolute atomic E-state index is 12.9. The maximum Gasteiger partial charge on any atom is 0.237 e. The van der Waals surface area contributed by atoms with E-state index in [0.29, 0.717) is 11.7 Å². The third kappa shape index (κ3) is 4.92. The fourth-order valence-electron chi connectivity index (χ4n) is 3.29. The lowest BCUT2D eigenvalue weighted by molar-refractivity contribution is -0.115. The molecule has 2 aromatic carbocycles. The van der Waals surface area contributed by atoms with Crippen molar-refractivity contribution < 1.29 is 9.21 Å². The van der Waals surface area contributed by atoms with E-state index in [9.17, 15) is 4.79 Å². The van der Waals surface area contributed by atoms with E-state index in [4.69, 9.17) is 4.42 Å². The van der Waals surface area contributed by atoms with E-state index in [1.807, 2.05) is 73.2 Å². The van der Waals surface area contributed by atoms with E-state index in [0.717, 1.165) is 33.3 Å². The molecule has 6 nitrogen and oxygen atoms in total. The van der Waals surface area contributed by atoms with Gasteiger partial charge in [-0.05, 0) is 43.9 Å². The van der Waals surface area contributed by atoms with Crippen molar-refractivity contribution in [1.29, 1.82) is 0 Å². The lowest BCUT2D eigenvalue weighted by atomic mass is 10.2. The van der Waals surface area contributed by atoms with E-state index in [-0.39, 0.29) is 11.2 Å². The average Bonchev–Trinajstić information content (AvgIpc) is 3.40. The highest BCUT2D eigenvalue weighted by Crippen LogP contribution is 2.31. The molecule has 1 N–H and O–H groups in total. The second kappa shape index (κ2) is 10.1. The minimum Gasteiger partial charge on any atom is -0.469 e. The fourth-order valence-corrected chi connectivity index (χ4v) is 4.70. The third-order valence-corrected chi connectivity index (χ3v) is 6.89. The molecule has 164 valence electrons. The number of nitrogens with zero attached hydrogens (tertiary/aromatic N) is 3. The van der Waals surface area contributed by atoms with Gasteiger partial charge in [0.05, 0.1) is 29.3 Å². The van der Waals surface area contributed by atoms with Crippen LogP contribution in [0.25, 0.3) is 11.4 Å². The van der Waals surface area contributed by atoms with E-state index >= 15 is 0 Å². The van der Waals surface area contributed by atoms with Crippen LogP contribution in [0.3, 0.4) is 0 Å². The molecule has 0 radical (unpaired) electrons. The summed E-state index contributed by atoms with van der Waals surface area (Å²) in [7, 11) is 0. The Bertz CT molecular complexity index is 1200. The topological polar surface area (TPSA) is 73.0 Å². The van der Waals surface area contributed by atoms with Crippen molar-refractivity contribution in [2.75, 3.05) is 11.6 Å². The third-order valence-electron chi connectivity index (χ3n) is 5.02. The first-order valence-corrected chi connectivity index (χ1v) is 12.3. The summed E-state index contributed by atoms with van der Waals surface area (Å²) >= 11 is 3.00. The summed E-state index contributed by atoms with van der Waals surface area (Å²) in [5.41, 5.74) is 2.84. The number of hydrogen-bond acceptors (Lipinski definition) is 6. The molecule has 2 aromatic heterocycles. The van der Waals surface area contributed by atoms with Gasteiger partial charge in [-0.15, -0.1) is 22.0 Å². The van der Waals surface area contributed by atoms with E-state index in [1.54, 1.807) is 18.0 Å². The minimum atomic E-state index is -0.359. The number of para-hydroxylation sites is 1. The largest absolute Gasteiger partial charge is 0.469 e. The zero-order chi connectivity index (χ0) is 22.5. The highest BCUT2D eigenvalue weighted by molar-refractivity contribution is 8.00. The van der Waals surface area contributed by atoms with E-state index in [1.165, 1.54) is 11.8 Å². The van der Waals surface area contributed by atoms with Crippen LogP contribution >= 0.6 is 23.5 Å². The molecular weight excluding hydrogens is 440 g/mol. The lowest BCUT2D eigenvalue weighted by Gasteiger charge is -2.15. The van der Waals surface area contributed by atoms with Crippen LogP contribution in [0.1, 0.15) is 18.2 Å². The van der Waals surface area contributed by atoms with E-state index < -0.39 is 0 Å². The van der Waals surface area contributed by atoms with Crippen molar-refractivity contribution in [3.05, 3.63) is 78.3 Å². The summed E-state index contributed by atoms with van der Waals surface area (Å²) in [5, 5.41) is 12.2. The first-order valence-electron chi connectivity index (χ1n) is 10.2. The summed E-state index contributed by atoms with van der Waals surface area (Å²) in [5.74, 6) is 1.43. The SMILES string of the molecule is CSc1ccccc1NC(=O)[C@H](C)Sc1nnc(-c2ccoc2C)n1Cc1ccccc1. The molecular formula is C24H24N4O2S2. The van der Waals surface area contributed by atoms with Gasteiger partial charge in [0.1, 0.15) is 5.76 Å². The molecule has 0 aliphatic heterocycles. The lowest BCUT2D eigenvalue weighted by Crippen LogP contribution is -2.23. The normalized spacial score (nSPS) is 12.0. The number of amides is 1. The molecule has 0 spiro atoms. The van der Waals surface area contributed by atoms with Crippen molar-refractivity contribution in [2.45, 2.75) is 35.7 Å². The van der Waals surface area contributed by atoms with Crippen LogP contribution < -0.4 is 5.32 Å². The first-order chi connectivity index (χ1) is 15.6. The van der Waals surface area contributed by atoms with E-state index in [2.05, 4.69) is 27.6 Å². The number of nitrogens with one attached hydrogen (secondary N) is 1. The molecule has 8 heteroatoms. The Balaban J connectivity index is 1.59. The molecule has 0 saturated carbocycles.